The van der Waals surface area contributed by atoms with E-state index < -0.39 is 0 Å². The minimum Gasteiger partial charge on any atom is -0.456 e. The van der Waals surface area contributed by atoms with Crippen molar-refractivity contribution in [1.29, 1.82) is 0 Å². The lowest BCUT2D eigenvalue weighted by molar-refractivity contribution is 0.473. The van der Waals surface area contributed by atoms with Crippen molar-refractivity contribution < 1.29 is 9.13 Å². The summed E-state index contributed by atoms with van der Waals surface area (Å²) >= 11 is 15.0. The molecule has 2 rings (SSSR count). The third-order valence-corrected chi connectivity index (χ3v) is 3.43. The average molecular weight is 350 g/mol. The monoisotopic (exact) mass is 348 g/mol. The fraction of sp³-hybridized carbons (Fsp3) is 0.0769. The van der Waals surface area contributed by atoms with E-state index in [-0.39, 0.29) is 5.82 Å². The van der Waals surface area contributed by atoms with Gasteiger partial charge >= 0.3 is 0 Å². The van der Waals surface area contributed by atoms with Gasteiger partial charge in [-0.25, -0.2) is 4.39 Å². The molecular weight excluding hydrogens is 342 g/mol. The van der Waals surface area contributed by atoms with Crippen LogP contribution < -0.4 is 4.74 Å². The van der Waals surface area contributed by atoms with E-state index in [9.17, 15) is 4.39 Å². The predicted molar refractivity (Wildman–Crippen MR) is 75.2 cm³/mol. The molecule has 0 saturated heterocycles. The van der Waals surface area contributed by atoms with Crippen LogP contribution in [0.15, 0.2) is 40.9 Å². The molecule has 0 saturated carbocycles. The van der Waals surface area contributed by atoms with Crippen LogP contribution in [0.1, 0.15) is 5.56 Å². The number of hydrogen-bond donors (Lipinski definition) is 0. The second kappa shape index (κ2) is 5.91. The van der Waals surface area contributed by atoms with Crippen LogP contribution in [0.2, 0.25) is 5.02 Å². The predicted octanol–water partition coefficient (Wildman–Crippen LogP) is 5.77. The van der Waals surface area contributed by atoms with Gasteiger partial charge in [0.1, 0.15) is 17.3 Å². The van der Waals surface area contributed by atoms with E-state index in [2.05, 4.69) is 15.9 Å². The number of hydrogen-bond acceptors (Lipinski definition) is 1. The molecule has 0 atom stereocenters. The molecule has 0 spiro atoms. The molecule has 0 aliphatic rings. The molecular formula is C13H8BrCl2FO. The normalized spacial score (nSPS) is 10.4. The Morgan fingerprint density at radius 2 is 1.89 bits per heavy atom. The Morgan fingerprint density at radius 3 is 2.56 bits per heavy atom. The fourth-order valence-corrected chi connectivity index (χ4v) is 2.22. The third-order valence-electron chi connectivity index (χ3n) is 2.29. The van der Waals surface area contributed by atoms with Gasteiger partial charge in [-0.15, -0.1) is 11.6 Å². The molecule has 0 amide bonds. The Balaban J connectivity index is 2.36. The van der Waals surface area contributed by atoms with Crippen LogP contribution in [0.4, 0.5) is 4.39 Å². The van der Waals surface area contributed by atoms with Gasteiger partial charge in [-0.2, -0.15) is 0 Å². The van der Waals surface area contributed by atoms with Crippen molar-refractivity contribution in [2.45, 2.75) is 5.88 Å². The summed E-state index contributed by atoms with van der Waals surface area (Å²) in [4.78, 5) is 0. The number of alkyl halides is 1. The summed E-state index contributed by atoms with van der Waals surface area (Å²) in [5.74, 6) is 1.04. The molecule has 94 valence electrons. The summed E-state index contributed by atoms with van der Waals surface area (Å²) in [6, 6.07) is 9.41. The molecule has 0 bridgehead atoms. The van der Waals surface area contributed by atoms with E-state index in [4.69, 9.17) is 27.9 Å². The van der Waals surface area contributed by atoms with Crippen LogP contribution in [-0.4, -0.2) is 0 Å². The summed E-state index contributed by atoms with van der Waals surface area (Å²) in [5, 5.41) is 0.553. The average Bonchev–Trinajstić information content (AvgIpc) is 2.33. The van der Waals surface area contributed by atoms with Gasteiger partial charge < -0.3 is 4.74 Å². The van der Waals surface area contributed by atoms with Crippen molar-refractivity contribution in [3.63, 3.8) is 0 Å². The zero-order chi connectivity index (χ0) is 13.1. The second-order valence-corrected chi connectivity index (χ2v) is 5.12. The number of ether oxygens (including phenoxy) is 1. The molecule has 0 heterocycles. The van der Waals surface area contributed by atoms with Gasteiger partial charge in [-0.3, -0.25) is 0 Å². The van der Waals surface area contributed by atoms with Crippen molar-refractivity contribution in [1.82, 2.24) is 0 Å². The molecule has 0 unspecified atom stereocenters. The van der Waals surface area contributed by atoms with Crippen LogP contribution in [0.3, 0.4) is 0 Å². The van der Waals surface area contributed by atoms with Crippen LogP contribution in [-0.2, 0) is 5.88 Å². The summed E-state index contributed by atoms with van der Waals surface area (Å²) < 4.78 is 19.2. The highest BCUT2D eigenvalue weighted by Crippen LogP contribution is 2.33. The van der Waals surface area contributed by atoms with Gasteiger partial charge in [0.2, 0.25) is 0 Å². The molecule has 0 fully saturated rings. The van der Waals surface area contributed by atoms with Gasteiger partial charge in [0.25, 0.3) is 0 Å². The summed E-state index contributed by atoms with van der Waals surface area (Å²) in [6.07, 6.45) is 0. The first-order valence-electron chi connectivity index (χ1n) is 5.07. The molecule has 2 aromatic carbocycles. The minimum atomic E-state index is -0.335. The van der Waals surface area contributed by atoms with Gasteiger partial charge in [-0.1, -0.05) is 17.7 Å². The van der Waals surface area contributed by atoms with Crippen LogP contribution in [0, 0.1) is 5.82 Å². The van der Waals surface area contributed by atoms with Crippen LogP contribution in [0.5, 0.6) is 11.5 Å². The minimum absolute atomic E-state index is 0.311. The Morgan fingerprint density at radius 1 is 1.11 bits per heavy atom. The maximum absolute atomic E-state index is 13.0. The summed E-state index contributed by atoms with van der Waals surface area (Å²) in [6.45, 7) is 0. The quantitative estimate of drug-likeness (QED) is 0.639. The first kappa shape index (κ1) is 13.7. The van der Waals surface area contributed by atoms with Gasteiger partial charge in [0.15, 0.2) is 0 Å². The Bertz CT molecular complexity index is 575. The van der Waals surface area contributed by atoms with Crippen molar-refractivity contribution in [3.05, 3.63) is 57.3 Å². The largest absolute Gasteiger partial charge is 0.456 e. The summed E-state index contributed by atoms with van der Waals surface area (Å²) in [7, 11) is 0. The highest BCUT2D eigenvalue weighted by atomic mass is 79.9. The van der Waals surface area contributed by atoms with E-state index in [0.717, 1.165) is 5.56 Å². The smallest absolute Gasteiger partial charge is 0.141 e. The van der Waals surface area contributed by atoms with Gasteiger partial charge in [0, 0.05) is 10.6 Å². The maximum atomic E-state index is 13.0. The van der Waals surface area contributed by atoms with Crippen molar-refractivity contribution in [3.8, 4) is 11.5 Å². The second-order valence-electron chi connectivity index (χ2n) is 3.56. The third kappa shape index (κ3) is 3.16. The standard InChI is InChI=1S/C13H8BrCl2FO/c14-11-6-10(17)3-4-12(11)18-13-5-9(16)2-1-8(13)7-15/h1-6H,7H2. The zero-order valence-corrected chi connectivity index (χ0v) is 12.2. The van der Waals surface area contributed by atoms with E-state index >= 15 is 0 Å². The number of rotatable bonds is 3. The van der Waals surface area contributed by atoms with E-state index in [1.54, 1.807) is 24.3 Å². The molecule has 0 radical (unpaired) electrons. The zero-order valence-electron chi connectivity index (χ0n) is 9.09. The first-order chi connectivity index (χ1) is 8.60. The fourth-order valence-electron chi connectivity index (χ4n) is 1.41. The molecule has 0 N–H and O–H groups in total. The lowest BCUT2D eigenvalue weighted by Gasteiger charge is -2.11. The number of halogens is 4. The van der Waals surface area contributed by atoms with E-state index in [1.165, 1.54) is 12.1 Å². The molecule has 0 aromatic heterocycles. The lowest BCUT2D eigenvalue weighted by Crippen LogP contribution is -1.91. The SMILES string of the molecule is Fc1ccc(Oc2cc(Cl)ccc2CCl)c(Br)c1. The van der Waals surface area contributed by atoms with E-state index in [0.29, 0.717) is 26.9 Å². The van der Waals surface area contributed by atoms with Gasteiger partial charge in [0.05, 0.1) is 10.4 Å². The Labute approximate surface area is 123 Å². The topological polar surface area (TPSA) is 9.23 Å². The molecule has 5 heteroatoms. The molecule has 2 aromatic rings. The van der Waals surface area contributed by atoms with Crippen LogP contribution in [0.25, 0.3) is 0 Å². The molecule has 0 aliphatic heterocycles. The lowest BCUT2D eigenvalue weighted by atomic mass is 10.2. The van der Waals surface area contributed by atoms with Gasteiger partial charge in [-0.05, 0) is 46.3 Å². The Hall–Kier alpha value is -0.770. The van der Waals surface area contributed by atoms with Crippen LogP contribution >= 0.6 is 39.1 Å². The van der Waals surface area contributed by atoms with Crippen molar-refractivity contribution >= 4 is 39.1 Å². The molecule has 0 aliphatic carbocycles. The number of benzene rings is 2. The highest BCUT2D eigenvalue weighted by molar-refractivity contribution is 9.10. The maximum Gasteiger partial charge on any atom is 0.141 e. The van der Waals surface area contributed by atoms with Crippen molar-refractivity contribution in [2.75, 3.05) is 0 Å². The highest BCUT2D eigenvalue weighted by Gasteiger charge is 2.08. The molecule has 1 nitrogen and oxygen atoms in total. The Kier molecular flexibility index (Phi) is 4.49. The van der Waals surface area contributed by atoms with E-state index in [1.807, 2.05) is 0 Å². The van der Waals surface area contributed by atoms with Crippen molar-refractivity contribution in [2.24, 2.45) is 0 Å². The summed E-state index contributed by atoms with van der Waals surface area (Å²) in [5.41, 5.74) is 0.817. The first-order valence-corrected chi connectivity index (χ1v) is 6.78. The molecule has 18 heavy (non-hydrogen) atoms.